The molecule has 0 radical (unpaired) electrons. The molecule has 0 aromatic heterocycles. The molecule has 1 aliphatic rings. The highest BCUT2D eigenvalue weighted by Crippen LogP contribution is 2.38. The molecule has 0 bridgehead atoms. The summed E-state index contributed by atoms with van der Waals surface area (Å²) in [6, 6.07) is 11.8. The monoisotopic (exact) mass is 404 g/mol. The molecule has 0 saturated carbocycles. The van der Waals surface area contributed by atoms with Crippen LogP contribution in [0.2, 0.25) is 0 Å². The van der Waals surface area contributed by atoms with Crippen molar-refractivity contribution in [3.63, 3.8) is 0 Å². The van der Waals surface area contributed by atoms with Crippen LogP contribution in [0.5, 0.6) is 5.75 Å². The van der Waals surface area contributed by atoms with Gasteiger partial charge in [-0.05, 0) is 44.5 Å². The van der Waals surface area contributed by atoms with Crippen molar-refractivity contribution < 1.29 is 18.3 Å². The maximum atomic E-state index is 13.4. The van der Waals surface area contributed by atoms with Crippen molar-refractivity contribution >= 4 is 15.7 Å². The Balaban J connectivity index is 2.09. The normalized spacial score (nSPS) is 19.8. The molecule has 7 heteroatoms. The fourth-order valence-electron chi connectivity index (χ4n) is 3.50. The minimum Gasteiger partial charge on any atom is -0.497 e. The van der Waals surface area contributed by atoms with Crippen LogP contribution in [0.25, 0.3) is 0 Å². The van der Waals surface area contributed by atoms with Gasteiger partial charge in [0.25, 0.3) is 10.0 Å². The first-order valence-electron chi connectivity index (χ1n) is 9.57. The molecule has 2 atom stereocenters. The number of methoxy groups -OCH3 is 1. The molecular formula is C21H28N2O4S. The zero-order valence-electron chi connectivity index (χ0n) is 16.6. The maximum absolute atomic E-state index is 13.4. The summed E-state index contributed by atoms with van der Waals surface area (Å²) in [4.78, 5) is 0.237. The fraction of sp³-hybridized carbons (Fsp3) is 0.429. The van der Waals surface area contributed by atoms with Crippen molar-refractivity contribution in [3.05, 3.63) is 53.6 Å². The Morgan fingerprint density at radius 1 is 1.21 bits per heavy atom. The number of rotatable bonds is 6. The van der Waals surface area contributed by atoms with E-state index in [1.807, 2.05) is 6.92 Å². The minimum absolute atomic E-state index is 0.217. The highest BCUT2D eigenvalue weighted by atomic mass is 32.2. The molecule has 1 aliphatic heterocycles. The Bertz CT molecular complexity index is 913. The molecule has 3 rings (SSSR count). The molecule has 0 fully saturated rings. The van der Waals surface area contributed by atoms with Crippen LogP contribution in [0.3, 0.4) is 0 Å². The van der Waals surface area contributed by atoms with Gasteiger partial charge in [0.15, 0.2) is 0 Å². The van der Waals surface area contributed by atoms with Crippen molar-refractivity contribution in [2.24, 2.45) is 0 Å². The second-order valence-corrected chi connectivity index (χ2v) is 8.97. The largest absolute Gasteiger partial charge is 0.497 e. The molecule has 152 valence electrons. The van der Waals surface area contributed by atoms with Crippen LogP contribution in [-0.2, 0) is 10.0 Å². The number of fused-ring (bicyclic) bond motifs is 1. The maximum Gasteiger partial charge on any atom is 0.264 e. The average Bonchev–Trinajstić information content (AvgIpc) is 2.83. The molecule has 2 aromatic carbocycles. The van der Waals surface area contributed by atoms with E-state index in [0.29, 0.717) is 23.4 Å². The highest BCUT2D eigenvalue weighted by molar-refractivity contribution is 7.92. The Labute approximate surface area is 167 Å². The summed E-state index contributed by atoms with van der Waals surface area (Å²) in [5.74, 6) is 0.551. The van der Waals surface area contributed by atoms with Gasteiger partial charge in [-0.15, -0.1) is 0 Å². The van der Waals surface area contributed by atoms with Crippen LogP contribution in [-0.4, -0.2) is 39.8 Å². The van der Waals surface area contributed by atoms with Crippen LogP contribution in [0, 0.1) is 6.92 Å². The predicted octanol–water partition coefficient (Wildman–Crippen LogP) is 3.00. The van der Waals surface area contributed by atoms with E-state index in [9.17, 15) is 13.5 Å². The van der Waals surface area contributed by atoms with Crippen LogP contribution >= 0.6 is 0 Å². The SMILES string of the molecule is CCCN[C@H]1CCN(S(=O)(=O)c2ccc(C)cc2)c2cc(OC)ccc2[C@@H]1O. The Kier molecular flexibility index (Phi) is 6.27. The third-order valence-electron chi connectivity index (χ3n) is 5.11. The van der Waals surface area contributed by atoms with Gasteiger partial charge in [-0.25, -0.2) is 8.42 Å². The molecule has 28 heavy (non-hydrogen) atoms. The van der Waals surface area contributed by atoms with E-state index < -0.39 is 16.1 Å². The molecule has 0 spiro atoms. The van der Waals surface area contributed by atoms with Gasteiger partial charge in [-0.2, -0.15) is 0 Å². The molecule has 2 aromatic rings. The van der Waals surface area contributed by atoms with Gasteiger partial charge in [-0.3, -0.25) is 4.31 Å². The van der Waals surface area contributed by atoms with Crippen molar-refractivity contribution in [1.82, 2.24) is 5.32 Å². The minimum atomic E-state index is -3.77. The molecule has 0 amide bonds. The van der Waals surface area contributed by atoms with Gasteiger partial charge < -0.3 is 15.2 Å². The lowest BCUT2D eigenvalue weighted by Crippen LogP contribution is -2.37. The molecule has 1 heterocycles. The smallest absolute Gasteiger partial charge is 0.264 e. The van der Waals surface area contributed by atoms with Crippen molar-refractivity contribution in [2.45, 2.75) is 43.7 Å². The number of ether oxygens (including phenoxy) is 1. The van der Waals surface area contributed by atoms with E-state index in [0.717, 1.165) is 18.5 Å². The lowest BCUT2D eigenvalue weighted by Gasteiger charge is -2.25. The van der Waals surface area contributed by atoms with E-state index in [2.05, 4.69) is 12.2 Å². The number of benzene rings is 2. The number of anilines is 1. The van der Waals surface area contributed by atoms with Gasteiger partial charge in [-0.1, -0.05) is 30.7 Å². The van der Waals surface area contributed by atoms with Crippen molar-refractivity contribution in [2.75, 3.05) is 24.5 Å². The number of nitrogens with zero attached hydrogens (tertiary/aromatic N) is 1. The molecule has 0 unspecified atom stereocenters. The number of hydrogen-bond donors (Lipinski definition) is 2. The summed E-state index contributed by atoms with van der Waals surface area (Å²) in [7, 11) is -2.23. The number of aryl methyl sites for hydroxylation is 1. The summed E-state index contributed by atoms with van der Waals surface area (Å²) in [6.07, 6.45) is 0.638. The third-order valence-corrected chi connectivity index (χ3v) is 6.94. The van der Waals surface area contributed by atoms with Crippen LogP contribution in [0.15, 0.2) is 47.4 Å². The summed E-state index contributed by atoms with van der Waals surface area (Å²) < 4.78 is 33.6. The number of nitrogens with one attached hydrogen (secondary N) is 1. The molecule has 2 N–H and O–H groups in total. The van der Waals surface area contributed by atoms with Gasteiger partial charge in [0.05, 0.1) is 23.8 Å². The molecular weight excluding hydrogens is 376 g/mol. The summed E-state index contributed by atoms with van der Waals surface area (Å²) in [5, 5.41) is 14.3. The Morgan fingerprint density at radius 3 is 2.57 bits per heavy atom. The number of sulfonamides is 1. The summed E-state index contributed by atoms with van der Waals surface area (Å²) >= 11 is 0. The van der Waals surface area contributed by atoms with E-state index >= 15 is 0 Å². The Hall–Kier alpha value is -2.09. The summed E-state index contributed by atoms with van der Waals surface area (Å²) in [6.45, 7) is 5.01. The van der Waals surface area contributed by atoms with Crippen LogP contribution < -0.4 is 14.4 Å². The second kappa shape index (κ2) is 8.51. The van der Waals surface area contributed by atoms with E-state index in [1.165, 1.54) is 4.31 Å². The first-order chi connectivity index (χ1) is 13.4. The quantitative estimate of drug-likeness (QED) is 0.774. The first kappa shape index (κ1) is 20.6. The second-order valence-electron chi connectivity index (χ2n) is 7.11. The van der Waals surface area contributed by atoms with Crippen molar-refractivity contribution in [3.8, 4) is 5.75 Å². The molecule has 0 aliphatic carbocycles. The number of aliphatic hydroxyl groups excluding tert-OH is 1. The number of hydrogen-bond acceptors (Lipinski definition) is 5. The standard InChI is InChI=1S/C21H28N2O4S/c1-4-12-22-19-11-13-23(28(25,26)17-8-5-15(2)6-9-17)20-14-16(27-3)7-10-18(20)21(19)24/h5-10,14,19,21-22,24H,4,11-13H2,1-3H3/t19-,21-/m0/s1. The summed E-state index contributed by atoms with van der Waals surface area (Å²) in [5.41, 5.74) is 2.05. The first-order valence-corrected chi connectivity index (χ1v) is 11.0. The van der Waals surface area contributed by atoms with E-state index in [-0.39, 0.29) is 17.5 Å². The molecule has 0 saturated heterocycles. The molecule has 6 nitrogen and oxygen atoms in total. The van der Waals surface area contributed by atoms with Gasteiger partial charge >= 0.3 is 0 Å². The predicted molar refractivity (Wildman–Crippen MR) is 110 cm³/mol. The van der Waals surface area contributed by atoms with E-state index in [4.69, 9.17) is 4.74 Å². The highest BCUT2D eigenvalue weighted by Gasteiger charge is 2.35. The van der Waals surface area contributed by atoms with Gasteiger partial charge in [0.1, 0.15) is 5.75 Å². The van der Waals surface area contributed by atoms with Gasteiger partial charge in [0.2, 0.25) is 0 Å². The average molecular weight is 405 g/mol. The lowest BCUT2D eigenvalue weighted by atomic mass is 10.00. The Morgan fingerprint density at radius 2 is 1.93 bits per heavy atom. The zero-order valence-corrected chi connectivity index (χ0v) is 17.4. The van der Waals surface area contributed by atoms with E-state index in [1.54, 1.807) is 49.6 Å². The topological polar surface area (TPSA) is 78.9 Å². The van der Waals surface area contributed by atoms with Crippen LogP contribution in [0.4, 0.5) is 5.69 Å². The van der Waals surface area contributed by atoms with Crippen molar-refractivity contribution in [1.29, 1.82) is 0 Å². The lowest BCUT2D eigenvalue weighted by molar-refractivity contribution is 0.128. The van der Waals surface area contributed by atoms with Gasteiger partial charge in [0, 0.05) is 24.2 Å². The number of aliphatic hydroxyl groups is 1. The fourth-order valence-corrected chi connectivity index (χ4v) is 5.00. The zero-order chi connectivity index (χ0) is 20.3. The van der Waals surface area contributed by atoms with Crippen LogP contribution in [0.1, 0.15) is 37.0 Å². The third kappa shape index (κ3) is 4.01.